The quantitative estimate of drug-likeness (QED) is 0.250. The first-order chi connectivity index (χ1) is 17.1. The molecular formula is C31H39N3O. The van der Waals surface area contributed by atoms with Crippen molar-refractivity contribution in [3.05, 3.63) is 120 Å². The third kappa shape index (κ3) is 9.93. The van der Waals surface area contributed by atoms with Gasteiger partial charge in [-0.3, -0.25) is 0 Å². The number of phenols is 1. The number of hydrogen-bond donors (Lipinski definition) is 3. The van der Waals surface area contributed by atoms with Crippen LogP contribution in [0.4, 0.5) is 0 Å². The van der Waals surface area contributed by atoms with Crippen LogP contribution in [0, 0.1) is 0 Å². The van der Waals surface area contributed by atoms with Crippen LogP contribution in [-0.2, 0) is 25.7 Å². The lowest BCUT2D eigenvalue weighted by Crippen LogP contribution is -1.75. The fourth-order valence-corrected chi connectivity index (χ4v) is 3.35. The molecule has 35 heavy (non-hydrogen) atoms. The van der Waals surface area contributed by atoms with Crippen molar-refractivity contribution in [3.63, 3.8) is 0 Å². The Morgan fingerprint density at radius 3 is 1.80 bits per heavy atom. The third-order valence-corrected chi connectivity index (χ3v) is 5.59. The van der Waals surface area contributed by atoms with Crippen molar-refractivity contribution >= 4 is 10.9 Å². The second-order valence-electron chi connectivity index (χ2n) is 8.00. The Morgan fingerprint density at radius 2 is 1.29 bits per heavy atom. The number of H-pyrrole nitrogens is 2. The zero-order valence-corrected chi connectivity index (χ0v) is 21.5. The largest absolute Gasteiger partial charge is 0.508 e. The van der Waals surface area contributed by atoms with Crippen LogP contribution in [0.2, 0.25) is 0 Å². The molecule has 0 saturated heterocycles. The van der Waals surface area contributed by atoms with E-state index < -0.39 is 0 Å². The summed E-state index contributed by atoms with van der Waals surface area (Å²) in [4.78, 5) is 10.1. The Labute approximate surface area is 210 Å². The van der Waals surface area contributed by atoms with Gasteiger partial charge in [0, 0.05) is 29.0 Å². The van der Waals surface area contributed by atoms with Gasteiger partial charge in [0.25, 0.3) is 0 Å². The topological polar surface area (TPSA) is 64.7 Å². The highest BCUT2D eigenvalue weighted by atomic mass is 16.3. The van der Waals surface area contributed by atoms with Crippen LogP contribution < -0.4 is 0 Å². The molecule has 4 nitrogen and oxygen atoms in total. The Hall–Kier alpha value is -3.79. The molecule has 0 spiro atoms. The average molecular weight is 470 g/mol. The van der Waals surface area contributed by atoms with Gasteiger partial charge in [-0.05, 0) is 60.6 Å². The smallest absolute Gasteiger partial charge is 0.115 e. The van der Waals surface area contributed by atoms with Crippen molar-refractivity contribution in [3.8, 4) is 5.75 Å². The van der Waals surface area contributed by atoms with Crippen LogP contribution in [0.1, 0.15) is 50.1 Å². The van der Waals surface area contributed by atoms with Gasteiger partial charge in [-0.25, -0.2) is 4.98 Å². The van der Waals surface area contributed by atoms with Gasteiger partial charge in [0.05, 0.1) is 6.33 Å². The lowest BCUT2D eigenvalue weighted by atomic mass is 10.1. The number of hydrogen-bond acceptors (Lipinski definition) is 2. The van der Waals surface area contributed by atoms with Crippen molar-refractivity contribution in [2.75, 3.05) is 0 Å². The minimum absolute atomic E-state index is 0.340. The molecule has 4 heteroatoms. The van der Waals surface area contributed by atoms with E-state index in [0.29, 0.717) is 5.75 Å². The summed E-state index contributed by atoms with van der Waals surface area (Å²) >= 11 is 0. The van der Waals surface area contributed by atoms with E-state index in [0.717, 1.165) is 25.7 Å². The van der Waals surface area contributed by atoms with Crippen molar-refractivity contribution in [2.24, 2.45) is 0 Å². The lowest BCUT2D eigenvalue weighted by Gasteiger charge is -1.93. The highest BCUT2D eigenvalue weighted by Crippen LogP contribution is 2.17. The van der Waals surface area contributed by atoms with Gasteiger partial charge >= 0.3 is 0 Å². The van der Waals surface area contributed by atoms with E-state index in [2.05, 4.69) is 97.4 Å². The molecule has 0 bridgehead atoms. The zero-order chi connectivity index (χ0) is 25.3. The van der Waals surface area contributed by atoms with Gasteiger partial charge in [0.2, 0.25) is 0 Å². The van der Waals surface area contributed by atoms with E-state index in [9.17, 15) is 0 Å². The fraction of sp³-hybridized carbons (Fsp3) is 0.258. The standard InChI is InChI=1S/C10H11N.C8H10O.C8H10.C5H8N2/c1-2-8-7-11-10-6-4-3-5-9(8)10;1-2-7-3-5-8(9)6-4-7;1-2-8-6-4-3-5-7-8;1-2-5-3-6-4-7-5/h3-7,11H,2H2,1H3;3-6,9H,2H2,1H3;3-7H,2H2,1H3;3-4H,2H2,1H3,(H,6,7). The molecule has 3 N–H and O–H groups in total. The summed E-state index contributed by atoms with van der Waals surface area (Å²) in [5.41, 5.74) is 6.50. The Balaban J connectivity index is 0.000000167. The highest BCUT2D eigenvalue weighted by Gasteiger charge is 1.98. The zero-order valence-electron chi connectivity index (χ0n) is 21.5. The molecule has 0 aliphatic heterocycles. The fourth-order valence-electron chi connectivity index (χ4n) is 3.35. The molecule has 2 heterocycles. The summed E-state index contributed by atoms with van der Waals surface area (Å²) in [6.45, 7) is 8.52. The molecule has 0 unspecified atom stereocenters. The highest BCUT2D eigenvalue weighted by molar-refractivity contribution is 5.82. The van der Waals surface area contributed by atoms with Crippen molar-refractivity contribution in [1.82, 2.24) is 15.0 Å². The Morgan fingerprint density at radius 1 is 0.657 bits per heavy atom. The van der Waals surface area contributed by atoms with E-state index >= 15 is 0 Å². The second-order valence-corrected chi connectivity index (χ2v) is 8.00. The van der Waals surface area contributed by atoms with Gasteiger partial charge in [-0.15, -0.1) is 0 Å². The van der Waals surface area contributed by atoms with Crippen LogP contribution in [0.15, 0.2) is 97.6 Å². The summed E-state index contributed by atoms with van der Waals surface area (Å²) in [5, 5.41) is 10.2. The molecular weight excluding hydrogens is 430 g/mol. The van der Waals surface area contributed by atoms with Crippen LogP contribution in [0.3, 0.4) is 0 Å². The number of nitrogens with one attached hydrogen (secondary N) is 2. The number of imidazole rings is 1. The molecule has 5 aromatic rings. The molecule has 184 valence electrons. The normalized spacial score (nSPS) is 9.71. The number of aromatic nitrogens is 3. The van der Waals surface area contributed by atoms with Gasteiger partial charge < -0.3 is 15.1 Å². The average Bonchev–Trinajstić information content (AvgIpc) is 3.61. The molecule has 3 aromatic carbocycles. The second kappa shape index (κ2) is 15.9. The van der Waals surface area contributed by atoms with E-state index in [1.54, 1.807) is 18.5 Å². The van der Waals surface area contributed by atoms with Crippen LogP contribution >= 0.6 is 0 Å². The first kappa shape index (κ1) is 27.5. The van der Waals surface area contributed by atoms with E-state index in [1.165, 1.54) is 33.3 Å². The van der Waals surface area contributed by atoms with Crippen molar-refractivity contribution in [2.45, 2.75) is 53.4 Å². The summed E-state index contributed by atoms with van der Waals surface area (Å²) in [7, 11) is 0. The Kier molecular flexibility index (Phi) is 12.5. The molecule has 5 rings (SSSR count). The number of nitrogens with zero attached hydrogens (tertiary/aromatic N) is 1. The van der Waals surface area contributed by atoms with E-state index in [-0.39, 0.29) is 0 Å². The number of benzene rings is 3. The third-order valence-electron chi connectivity index (χ3n) is 5.59. The van der Waals surface area contributed by atoms with Gasteiger partial charge in [0.1, 0.15) is 5.75 Å². The number of aromatic hydroxyl groups is 1. The number of phenolic OH excluding ortho intramolecular Hbond substituents is 1. The molecule has 0 amide bonds. The van der Waals surface area contributed by atoms with Gasteiger partial charge in [-0.1, -0.05) is 88.4 Å². The molecule has 0 aliphatic carbocycles. The van der Waals surface area contributed by atoms with Crippen molar-refractivity contribution in [1.29, 1.82) is 0 Å². The van der Waals surface area contributed by atoms with E-state index in [1.807, 2.05) is 24.4 Å². The first-order valence-electron chi connectivity index (χ1n) is 12.4. The minimum Gasteiger partial charge on any atom is -0.508 e. The maximum atomic E-state index is 8.85. The van der Waals surface area contributed by atoms with Crippen LogP contribution in [0.25, 0.3) is 10.9 Å². The SMILES string of the molecule is CCc1c[nH]c2ccccc12.CCc1ccc(O)cc1.CCc1ccccc1.CCc1cnc[nH]1. The van der Waals surface area contributed by atoms with E-state index in [4.69, 9.17) is 5.11 Å². The molecule has 2 aromatic heterocycles. The van der Waals surface area contributed by atoms with Gasteiger partial charge in [0.15, 0.2) is 0 Å². The maximum absolute atomic E-state index is 8.85. The number of rotatable bonds is 4. The summed E-state index contributed by atoms with van der Waals surface area (Å²) in [6.07, 6.45) is 9.93. The Bertz CT molecular complexity index is 1180. The van der Waals surface area contributed by atoms with Crippen LogP contribution in [-0.4, -0.2) is 20.1 Å². The number of para-hydroxylation sites is 1. The van der Waals surface area contributed by atoms with Crippen LogP contribution in [0.5, 0.6) is 5.75 Å². The molecule has 0 atom stereocenters. The number of aromatic amines is 2. The predicted octanol–water partition coefficient (Wildman–Crippen LogP) is 7.91. The van der Waals surface area contributed by atoms with Gasteiger partial charge in [-0.2, -0.15) is 0 Å². The maximum Gasteiger partial charge on any atom is 0.115 e. The molecule has 0 aliphatic rings. The number of aryl methyl sites for hydroxylation is 4. The monoisotopic (exact) mass is 469 g/mol. The first-order valence-corrected chi connectivity index (χ1v) is 12.4. The molecule has 0 saturated carbocycles. The van der Waals surface area contributed by atoms with Crippen molar-refractivity contribution < 1.29 is 5.11 Å². The lowest BCUT2D eigenvalue weighted by molar-refractivity contribution is 0.475. The summed E-state index contributed by atoms with van der Waals surface area (Å²) in [6, 6.07) is 26.1. The summed E-state index contributed by atoms with van der Waals surface area (Å²) in [5.74, 6) is 0.340. The summed E-state index contributed by atoms with van der Waals surface area (Å²) < 4.78 is 0. The minimum atomic E-state index is 0.340. The predicted molar refractivity (Wildman–Crippen MR) is 149 cm³/mol. The molecule has 0 radical (unpaired) electrons. The number of fused-ring (bicyclic) bond motifs is 1. The molecule has 0 fully saturated rings.